The maximum atomic E-state index is 14.6. The summed E-state index contributed by atoms with van der Waals surface area (Å²) in [4.78, 5) is 78.4. The van der Waals surface area contributed by atoms with Crippen molar-refractivity contribution in [1.29, 1.82) is 0 Å². The molecule has 0 spiro atoms. The molecular weight excluding hydrogens is 592 g/mol. The van der Waals surface area contributed by atoms with Crippen LogP contribution in [0.4, 0.5) is 19.3 Å². The minimum absolute atomic E-state index is 0.0177. The van der Waals surface area contributed by atoms with E-state index in [9.17, 15) is 37.5 Å². The fraction of sp³-hybridized carbons (Fsp3) is 0.296. The van der Waals surface area contributed by atoms with Crippen molar-refractivity contribution < 1.29 is 42.6 Å². The number of carboxylic acids is 1. The van der Waals surface area contributed by atoms with Gasteiger partial charge in [-0.15, -0.1) is 11.3 Å². The molecule has 4 N–H and O–H groups in total. The van der Waals surface area contributed by atoms with Gasteiger partial charge in [-0.25, -0.2) is 9.78 Å². The molecule has 3 aromatic rings. The van der Waals surface area contributed by atoms with Gasteiger partial charge in [0.1, 0.15) is 25.4 Å². The van der Waals surface area contributed by atoms with Crippen molar-refractivity contribution in [3.63, 3.8) is 0 Å². The number of nitrogens with zero attached hydrogens (tertiary/aromatic N) is 2. The van der Waals surface area contributed by atoms with Crippen LogP contribution < -0.4 is 21.5 Å². The van der Waals surface area contributed by atoms with Gasteiger partial charge in [-0.05, 0) is 22.9 Å². The summed E-state index contributed by atoms with van der Waals surface area (Å²) in [6.45, 7) is 0.634. The van der Waals surface area contributed by atoms with Crippen molar-refractivity contribution in [2.45, 2.75) is 39.0 Å². The molecule has 2 heterocycles. The molecule has 43 heavy (non-hydrogen) atoms. The Morgan fingerprint density at radius 3 is 2.40 bits per heavy atom. The molecule has 0 aliphatic rings. The number of alkyl halides is 2. The minimum atomic E-state index is -4.66. The van der Waals surface area contributed by atoms with Gasteiger partial charge in [0, 0.05) is 0 Å². The van der Waals surface area contributed by atoms with Crippen molar-refractivity contribution in [1.82, 2.24) is 20.2 Å². The van der Waals surface area contributed by atoms with Gasteiger partial charge in [-0.2, -0.15) is 8.78 Å². The van der Waals surface area contributed by atoms with Gasteiger partial charge in [-0.3, -0.25) is 33.9 Å². The fourth-order valence-corrected chi connectivity index (χ4v) is 4.40. The lowest BCUT2D eigenvalue weighted by molar-refractivity contribution is -0.162. The summed E-state index contributed by atoms with van der Waals surface area (Å²) < 4.78 is 35.2. The fourth-order valence-electron chi connectivity index (χ4n) is 3.67. The molecule has 0 aliphatic heterocycles. The Labute approximate surface area is 246 Å². The van der Waals surface area contributed by atoms with Crippen LogP contribution in [0.25, 0.3) is 10.7 Å². The van der Waals surface area contributed by atoms with Crippen molar-refractivity contribution in [2.24, 2.45) is 5.92 Å². The van der Waals surface area contributed by atoms with Gasteiger partial charge in [0.05, 0.1) is 17.1 Å². The summed E-state index contributed by atoms with van der Waals surface area (Å²) in [5.74, 6) is -12.4. The van der Waals surface area contributed by atoms with Crippen molar-refractivity contribution in [2.75, 3.05) is 11.9 Å². The molecule has 228 valence electrons. The first-order valence-electron chi connectivity index (χ1n) is 12.6. The largest absolute Gasteiger partial charge is 0.480 e. The molecule has 0 aliphatic carbocycles. The number of benzene rings is 1. The van der Waals surface area contributed by atoms with Gasteiger partial charge < -0.3 is 20.5 Å². The van der Waals surface area contributed by atoms with E-state index in [4.69, 9.17) is 9.84 Å². The lowest BCUT2D eigenvalue weighted by atomic mass is 9.95. The number of ether oxygens (including phenoxy) is 1. The second-order valence-electron chi connectivity index (χ2n) is 9.36. The second kappa shape index (κ2) is 14.3. The topological polar surface area (TPSA) is 186 Å². The lowest BCUT2D eigenvalue weighted by Crippen LogP contribution is -2.57. The van der Waals surface area contributed by atoms with Crippen molar-refractivity contribution >= 4 is 46.7 Å². The Morgan fingerprint density at radius 2 is 1.79 bits per heavy atom. The average Bonchev–Trinajstić information content (AvgIpc) is 3.50. The number of carbonyl (C=O) groups is 5. The number of thiophene rings is 1. The van der Waals surface area contributed by atoms with E-state index in [-0.39, 0.29) is 18.1 Å². The molecule has 3 amide bonds. The lowest BCUT2D eigenvalue weighted by Gasteiger charge is -2.25. The van der Waals surface area contributed by atoms with Crippen LogP contribution in [0.1, 0.15) is 19.4 Å². The molecule has 2 aromatic heterocycles. The first kappa shape index (κ1) is 32.5. The molecule has 3 rings (SSSR count). The Bertz CT molecular complexity index is 1540. The third-order valence-corrected chi connectivity index (χ3v) is 6.67. The monoisotopic (exact) mass is 619 g/mol. The molecular formula is C27H27F2N5O8S. The number of Topliss-reactive ketones (excluding diaryl/α,β-unsaturated/α-hetero) is 1. The molecule has 0 radical (unpaired) electrons. The number of halogens is 2. The summed E-state index contributed by atoms with van der Waals surface area (Å²) in [7, 11) is 0. The normalized spacial score (nSPS) is 11.8. The van der Waals surface area contributed by atoms with E-state index in [1.165, 1.54) is 30.5 Å². The van der Waals surface area contributed by atoms with Crippen LogP contribution in [0.3, 0.4) is 0 Å². The van der Waals surface area contributed by atoms with Crippen LogP contribution >= 0.6 is 11.3 Å². The number of ketones is 1. The van der Waals surface area contributed by atoms with E-state index in [0.717, 1.165) is 10.8 Å². The standard InChI is InChI=1S/C27H27F2N5O8S/c1-15(2)21(22(38)27(28,29)25(40)31-12-20(36)37)33-19(35)13-34-23(18-9-6-10-43-18)30-11-17(24(34)39)32-26(41)42-14-16-7-4-3-5-8-16/h3-11,15,21H,12-14H2,1-2H3,(H,31,40)(H,32,41)(H,33,35)(H,36,37). The highest BCUT2D eigenvalue weighted by Gasteiger charge is 2.51. The molecule has 0 saturated carbocycles. The molecule has 1 aromatic carbocycles. The zero-order valence-corrected chi connectivity index (χ0v) is 23.7. The van der Waals surface area contributed by atoms with Crippen LogP contribution in [0.2, 0.25) is 0 Å². The second-order valence-corrected chi connectivity index (χ2v) is 10.3. The van der Waals surface area contributed by atoms with Crippen LogP contribution in [0.5, 0.6) is 0 Å². The smallest absolute Gasteiger partial charge is 0.412 e. The van der Waals surface area contributed by atoms with Gasteiger partial charge in [-0.1, -0.05) is 50.2 Å². The van der Waals surface area contributed by atoms with E-state index in [1.807, 2.05) is 0 Å². The van der Waals surface area contributed by atoms with Gasteiger partial charge >= 0.3 is 18.0 Å². The SMILES string of the molecule is CC(C)C(NC(=O)Cn1c(-c2cccs2)ncc(NC(=O)OCc2ccccc2)c1=O)C(=O)C(F)(F)C(=O)NCC(=O)O. The molecule has 1 unspecified atom stereocenters. The summed E-state index contributed by atoms with van der Waals surface area (Å²) in [5.41, 5.74) is -0.530. The third kappa shape index (κ3) is 8.51. The van der Waals surface area contributed by atoms with Crippen LogP contribution in [-0.2, 0) is 37.1 Å². The number of hydrogen-bond donors (Lipinski definition) is 4. The highest BCUT2D eigenvalue weighted by atomic mass is 32.1. The number of amides is 3. The maximum absolute atomic E-state index is 14.6. The van der Waals surface area contributed by atoms with Crippen LogP contribution in [-0.4, -0.2) is 62.8 Å². The summed E-state index contributed by atoms with van der Waals surface area (Å²) in [5, 5.41) is 16.1. The molecule has 0 bridgehead atoms. The molecule has 0 saturated heterocycles. The Balaban J connectivity index is 1.82. The van der Waals surface area contributed by atoms with Gasteiger partial charge in [0.25, 0.3) is 11.5 Å². The molecule has 13 nitrogen and oxygen atoms in total. The maximum Gasteiger partial charge on any atom is 0.412 e. The third-order valence-electron chi connectivity index (χ3n) is 5.80. The highest BCUT2D eigenvalue weighted by molar-refractivity contribution is 7.13. The average molecular weight is 620 g/mol. The number of carboxylic acid groups (broad SMARTS) is 1. The van der Waals surface area contributed by atoms with E-state index in [1.54, 1.807) is 47.8 Å². The van der Waals surface area contributed by atoms with Crippen molar-refractivity contribution in [3.8, 4) is 10.7 Å². The first-order valence-corrected chi connectivity index (χ1v) is 13.5. The number of hydrogen-bond acceptors (Lipinski definition) is 9. The number of carbonyl (C=O) groups excluding carboxylic acids is 4. The number of nitrogens with one attached hydrogen (secondary N) is 3. The van der Waals surface area contributed by atoms with Crippen LogP contribution in [0, 0.1) is 5.92 Å². The van der Waals surface area contributed by atoms with E-state index in [2.05, 4.69) is 15.6 Å². The summed E-state index contributed by atoms with van der Waals surface area (Å²) in [6.07, 6.45) is 0.100. The zero-order chi connectivity index (χ0) is 31.7. The summed E-state index contributed by atoms with van der Waals surface area (Å²) >= 11 is 1.18. The molecule has 16 heteroatoms. The quantitative estimate of drug-likeness (QED) is 0.208. The van der Waals surface area contributed by atoms with Gasteiger partial charge in [0.15, 0.2) is 5.82 Å². The summed E-state index contributed by atoms with van der Waals surface area (Å²) in [6, 6.07) is 10.1. The number of anilines is 1. The van der Waals surface area contributed by atoms with Gasteiger partial charge in [0.2, 0.25) is 11.7 Å². The van der Waals surface area contributed by atoms with Crippen LogP contribution in [0.15, 0.2) is 58.8 Å². The Hall–Kier alpha value is -4.99. The zero-order valence-electron chi connectivity index (χ0n) is 22.8. The van der Waals surface area contributed by atoms with E-state index < -0.39 is 66.2 Å². The Kier molecular flexibility index (Phi) is 10.8. The minimum Gasteiger partial charge on any atom is -0.480 e. The number of aromatic nitrogens is 2. The predicted octanol–water partition coefficient (Wildman–Crippen LogP) is 2.27. The molecule has 0 fully saturated rings. The molecule has 1 atom stereocenters. The predicted molar refractivity (Wildman–Crippen MR) is 149 cm³/mol. The highest BCUT2D eigenvalue weighted by Crippen LogP contribution is 2.23. The van der Waals surface area contributed by atoms with E-state index >= 15 is 0 Å². The van der Waals surface area contributed by atoms with E-state index in [0.29, 0.717) is 10.4 Å². The Morgan fingerprint density at radius 1 is 1.09 bits per heavy atom. The number of aliphatic carboxylic acids is 1. The van der Waals surface area contributed by atoms with Crippen molar-refractivity contribution in [3.05, 3.63) is 70.0 Å². The first-order chi connectivity index (χ1) is 20.3. The number of rotatable bonds is 13.